The van der Waals surface area contributed by atoms with Crippen LogP contribution in [0.2, 0.25) is 0 Å². The lowest BCUT2D eigenvalue weighted by Gasteiger charge is -2.24. The van der Waals surface area contributed by atoms with Crippen molar-refractivity contribution in [3.8, 4) is 0 Å². The van der Waals surface area contributed by atoms with E-state index in [0.29, 0.717) is 6.42 Å². The molecular formula is C20H38N10O7. The third kappa shape index (κ3) is 15.5. The number of nitrogens with zero attached hydrogens (tertiary/aromatic N) is 2. The third-order valence-corrected chi connectivity index (χ3v) is 4.89. The van der Waals surface area contributed by atoms with Gasteiger partial charge in [0, 0.05) is 19.5 Å². The summed E-state index contributed by atoms with van der Waals surface area (Å²) in [7, 11) is 0. The van der Waals surface area contributed by atoms with Crippen LogP contribution in [0, 0.1) is 0 Å². The Bertz CT molecular complexity index is 856. The monoisotopic (exact) mass is 530 g/mol. The van der Waals surface area contributed by atoms with Gasteiger partial charge in [0.2, 0.25) is 17.7 Å². The zero-order valence-corrected chi connectivity index (χ0v) is 20.7. The highest BCUT2D eigenvalue weighted by molar-refractivity contribution is 5.94. The van der Waals surface area contributed by atoms with Gasteiger partial charge in [0.1, 0.15) is 18.1 Å². The maximum Gasteiger partial charge on any atom is 0.325 e. The number of carboxylic acid groups (broad SMARTS) is 2. The van der Waals surface area contributed by atoms with Crippen LogP contribution in [0.4, 0.5) is 0 Å². The third-order valence-electron chi connectivity index (χ3n) is 4.89. The van der Waals surface area contributed by atoms with Gasteiger partial charge in [-0.2, -0.15) is 0 Å². The number of nitrogens with one attached hydrogen (secondary N) is 3. The lowest BCUT2D eigenvalue weighted by atomic mass is 10.1. The van der Waals surface area contributed by atoms with E-state index in [0.717, 1.165) is 0 Å². The summed E-state index contributed by atoms with van der Waals surface area (Å²) in [4.78, 5) is 67.8. The van der Waals surface area contributed by atoms with Gasteiger partial charge in [-0.25, -0.2) is 0 Å². The van der Waals surface area contributed by atoms with E-state index >= 15 is 0 Å². The number of carboxylic acids is 2. The zero-order chi connectivity index (χ0) is 28.5. The van der Waals surface area contributed by atoms with E-state index in [1.165, 1.54) is 6.92 Å². The quantitative estimate of drug-likeness (QED) is 0.0458. The summed E-state index contributed by atoms with van der Waals surface area (Å²) in [5, 5.41) is 25.2. The molecule has 0 aromatic carbocycles. The Morgan fingerprint density at radius 1 is 0.730 bits per heavy atom. The molecule has 0 saturated heterocycles. The van der Waals surface area contributed by atoms with Crippen LogP contribution < -0.4 is 44.6 Å². The van der Waals surface area contributed by atoms with Crippen LogP contribution in [0.1, 0.15) is 45.4 Å². The number of hydrogen-bond acceptors (Lipinski definition) is 8. The molecule has 0 spiro atoms. The number of carbonyl (C=O) groups is 5. The summed E-state index contributed by atoms with van der Waals surface area (Å²) >= 11 is 0. The van der Waals surface area contributed by atoms with Crippen LogP contribution in [0.25, 0.3) is 0 Å². The molecule has 0 aliphatic carbocycles. The molecule has 4 unspecified atom stereocenters. The normalized spacial score (nSPS) is 13.7. The van der Waals surface area contributed by atoms with E-state index in [2.05, 4.69) is 25.9 Å². The average molecular weight is 531 g/mol. The van der Waals surface area contributed by atoms with Gasteiger partial charge in [-0.05, 0) is 39.0 Å². The van der Waals surface area contributed by atoms with Crippen molar-refractivity contribution in [2.45, 2.75) is 69.6 Å². The fourth-order valence-electron chi connectivity index (χ4n) is 2.89. The van der Waals surface area contributed by atoms with Gasteiger partial charge < -0.3 is 54.8 Å². The number of carbonyl (C=O) groups excluding carboxylic acids is 3. The first-order valence-electron chi connectivity index (χ1n) is 11.5. The van der Waals surface area contributed by atoms with Crippen molar-refractivity contribution in [3.63, 3.8) is 0 Å². The minimum absolute atomic E-state index is 0.0184. The lowest BCUT2D eigenvalue weighted by Crippen LogP contribution is -2.56. The Hall–Kier alpha value is -4.15. The Morgan fingerprint density at radius 2 is 1.19 bits per heavy atom. The molecule has 210 valence electrons. The maximum atomic E-state index is 13.0. The zero-order valence-electron chi connectivity index (χ0n) is 20.7. The van der Waals surface area contributed by atoms with Crippen LogP contribution in [0.3, 0.4) is 0 Å². The molecule has 37 heavy (non-hydrogen) atoms. The molecule has 15 N–H and O–H groups in total. The number of amides is 3. The first kappa shape index (κ1) is 32.9. The molecule has 0 aromatic heterocycles. The van der Waals surface area contributed by atoms with Crippen molar-refractivity contribution in [2.24, 2.45) is 38.7 Å². The summed E-state index contributed by atoms with van der Waals surface area (Å²) in [6.07, 6.45) is 0.0587. The second kappa shape index (κ2) is 17.3. The molecule has 0 aliphatic rings. The molecule has 0 aromatic rings. The Balaban J connectivity index is 5.45. The SMILES string of the molecule is CC(NC(=O)C(CCCN=C(N)N)NC(=O)C(CCC(=O)O)NC(=O)C(N)CCCN=C(N)N)C(=O)O. The van der Waals surface area contributed by atoms with Crippen molar-refractivity contribution in [1.29, 1.82) is 0 Å². The van der Waals surface area contributed by atoms with Crippen LogP contribution in [0.15, 0.2) is 9.98 Å². The van der Waals surface area contributed by atoms with Gasteiger partial charge in [0.25, 0.3) is 0 Å². The Kier molecular flexibility index (Phi) is 15.4. The molecular weight excluding hydrogens is 492 g/mol. The fraction of sp³-hybridized carbons (Fsp3) is 0.650. The van der Waals surface area contributed by atoms with Crippen molar-refractivity contribution < 1.29 is 34.2 Å². The molecule has 3 amide bonds. The molecule has 0 heterocycles. The number of aliphatic imine (C=N–C) groups is 2. The highest BCUT2D eigenvalue weighted by Gasteiger charge is 2.29. The van der Waals surface area contributed by atoms with Crippen molar-refractivity contribution in [2.75, 3.05) is 13.1 Å². The molecule has 4 atom stereocenters. The van der Waals surface area contributed by atoms with E-state index in [4.69, 9.17) is 38.9 Å². The Labute approximate surface area is 213 Å². The van der Waals surface area contributed by atoms with Crippen molar-refractivity contribution >= 4 is 41.6 Å². The predicted molar refractivity (Wildman–Crippen MR) is 134 cm³/mol. The van der Waals surface area contributed by atoms with Crippen LogP contribution in [-0.4, -0.2) is 89.0 Å². The minimum atomic E-state index is -1.34. The first-order valence-corrected chi connectivity index (χ1v) is 11.5. The predicted octanol–water partition coefficient (Wildman–Crippen LogP) is -4.16. The number of nitrogens with two attached hydrogens (primary N) is 5. The topological polar surface area (TPSA) is 317 Å². The smallest absolute Gasteiger partial charge is 0.325 e. The Morgan fingerprint density at radius 3 is 1.68 bits per heavy atom. The number of aliphatic carboxylic acids is 2. The highest BCUT2D eigenvalue weighted by Crippen LogP contribution is 2.05. The van der Waals surface area contributed by atoms with Crippen molar-refractivity contribution in [3.05, 3.63) is 0 Å². The minimum Gasteiger partial charge on any atom is -0.481 e. The second-order valence-corrected chi connectivity index (χ2v) is 8.13. The van der Waals surface area contributed by atoms with Crippen LogP contribution in [-0.2, 0) is 24.0 Å². The van der Waals surface area contributed by atoms with E-state index in [1.54, 1.807) is 0 Å². The molecule has 0 saturated carbocycles. The highest BCUT2D eigenvalue weighted by atomic mass is 16.4. The van der Waals surface area contributed by atoms with E-state index in [1.807, 2.05) is 0 Å². The molecule has 0 aliphatic heterocycles. The largest absolute Gasteiger partial charge is 0.481 e. The molecule has 17 nitrogen and oxygen atoms in total. The van der Waals surface area contributed by atoms with Gasteiger partial charge >= 0.3 is 11.9 Å². The average Bonchev–Trinajstić information content (AvgIpc) is 2.80. The lowest BCUT2D eigenvalue weighted by molar-refractivity contribution is -0.141. The molecule has 0 radical (unpaired) electrons. The van der Waals surface area contributed by atoms with Gasteiger partial charge in [-0.3, -0.25) is 34.0 Å². The molecule has 17 heteroatoms. The summed E-state index contributed by atoms with van der Waals surface area (Å²) in [5.74, 6) is -5.16. The van der Waals surface area contributed by atoms with Gasteiger partial charge in [0.15, 0.2) is 11.9 Å². The van der Waals surface area contributed by atoms with Crippen molar-refractivity contribution in [1.82, 2.24) is 16.0 Å². The summed E-state index contributed by atoms with van der Waals surface area (Å²) < 4.78 is 0. The standard InChI is InChI=1S/C20H38N10O7/c1-10(18(36)37)28-16(34)12(5-3-9-27-20(24)25)30-17(35)13(6-7-14(31)32)29-15(33)11(21)4-2-8-26-19(22)23/h10-13H,2-9,21H2,1H3,(H,28,34)(H,29,33)(H,30,35)(H,31,32)(H,36,37)(H4,22,23,26)(H4,24,25,27). The second-order valence-electron chi connectivity index (χ2n) is 8.13. The van der Waals surface area contributed by atoms with E-state index in [9.17, 15) is 24.0 Å². The summed E-state index contributed by atoms with van der Waals surface area (Å²) in [5.41, 5.74) is 26.8. The van der Waals surface area contributed by atoms with Gasteiger partial charge in [-0.15, -0.1) is 0 Å². The fourth-order valence-corrected chi connectivity index (χ4v) is 2.89. The maximum absolute atomic E-state index is 13.0. The van der Waals surface area contributed by atoms with Crippen LogP contribution in [0.5, 0.6) is 0 Å². The first-order chi connectivity index (χ1) is 17.2. The summed E-state index contributed by atoms with van der Waals surface area (Å²) in [6, 6.07) is -4.84. The van der Waals surface area contributed by atoms with Gasteiger partial charge in [-0.1, -0.05) is 0 Å². The number of hydrogen-bond donors (Lipinski definition) is 10. The van der Waals surface area contributed by atoms with Crippen LogP contribution >= 0.6 is 0 Å². The van der Waals surface area contributed by atoms with E-state index < -0.39 is 60.2 Å². The summed E-state index contributed by atoms with van der Waals surface area (Å²) in [6.45, 7) is 1.60. The van der Waals surface area contributed by atoms with Gasteiger partial charge in [0.05, 0.1) is 6.04 Å². The molecule has 0 fully saturated rings. The number of guanidine groups is 2. The molecule has 0 rings (SSSR count). The number of rotatable bonds is 18. The molecule has 0 bridgehead atoms. The van der Waals surface area contributed by atoms with E-state index in [-0.39, 0.29) is 50.7 Å².